The molecule has 1 N–H and O–H groups in total. The molecule has 186 valence electrons. The van der Waals surface area contributed by atoms with Crippen LogP contribution in [0, 0.1) is 13.8 Å². The van der Waals surface area contributed by atoms with Gasteiger partial charge < -0.3 is 15.1 Å². The van der Waals surface area contributed by atoms with Gasteiger partial charge in [0.15, 0.2) is 5.65 Å². The van der Waals surface area contributed by atoms with E-state index in [2.05, 4.69) is 25.2 Å². The third kappa shape index (κ3) is 5.18. The maximum absolute atomic E-state index is 12.7. The molecule has 3 aromatic heterocycles. The van der Waals surface area contributed by atoms with Gasteiger partial charge in [0.1, 0.15) is 5.82 Å². The van der Waals surface area contributed by atoms with Crippen LogP contribution in [-0.4, -0.2) is 67.0 Å². The van der Waals surface area contributed by atoms with Gasteiger partial charge in [0, 0.05) is 63.5 Å². The zero-order valence-electron chi connectivity index (χ0n) is 20.7. The maximum Gasteiger partial charge on any atom is 0.330 e. The molecule has 0 aliphatic carbocycles. The summed E-state index contributed by atoms with van der Waals surface area (Å²) in [6, 6.07) is 5.41. The van der Waals surface area contributed by atoms with Crippen molar-refractivity contribution in [1.29, 1.82) is 0 Å². The van der Waals surface area contributed by atoms with E-state index < -0.39 is 0 Å². The number of hydrogen-bond donors (Lipinski definition) is 1. The molecule has 1 fully saturated rings. The summed E-state index contributed by atoms with van der Waals surface area (Å²) in [4.78, 5) is 55.0. The predicted octanol–water partition coefficient (Wildman–Crippen LogP) is 1.71. The highest BCUT2D eigenvalue weighted by atomic mass is 16.2. The Morgan fingerprint density at radius 3 is 2.20 bits per heavy atom. The lowest BCUT2D eigenvalue weighted by Gasteiger charge is -2.35. The maximum atomic E-state index is 12.7. The first-order chi connectivity index (χ1) is 16.8. The summed E-state index contributed by atoms with van der Waals surface area (Å²) >= 11 is 0. The number of pyridine rings is 1. The average molecular weight is 481 g/mol. The number of aryl methyl sites for hydroxylation is 4. The molecule has 35 heavy (non-hydrogen) atoms. The van der Waals surface area contributed by atoms with E-state index in [0.29, 0.717) is 56.7 Å². The van der Waals surface area contributed by atoms with E-state index in [1.807, 2.05) is 33.8 Å². The van der Waals surface area contributed by atoms with E-state index in [0.717, 1.165) is 16.9 Å². The molecular weight excluding hydrogens is 448 g/mol. The van der Waals surface area contributed by atoms with Crippen molar-refractivity contribution in [2.75, 3.05) is 36.4 Å². The Hall–Kier alpha value is -3.76. The first-order valence-corrected chi connectivity index (χ1v) is 12.1. The van der Waals surface area contributed by atoms with Crippen LogP contribution in [0.5, 0.6) is 0 Å². The van der Waals surface area contributed by atoms with E-state index in [1.165, 1.54) is 0 Å². The molecule has 0 aromatic carbocycles. The number of nitrogens with one attached hydrogen (secondary N) is 1. The summed E-state index contributed by atoms with van der Waals surface area (Å²) < 4.78 is 3.24. The van der Waals surface area contributed by atoms with E-state index in [9.17, 15) is 14.4 Å². The second-order valence-electron chi connectivity index (χ2n) is 8.68. The van der Waals surface area contributed by atoms with Crippen molar-refractivity contribution in [3.8, 4) is 0 Å². The van der Waals surface area contributed by atoms with Crippen molar-refractivity contribution in [3.63, 3.8) is 0 Å². The Kier molecular flexibility index (Phi) is 7.13. The van der Waals surface area contributed by atoms with E-state index in [1.54, 1.807) is 26.2 Å². The van der Waals surface area contributed by atoms with Gasteiger partial charge in [-0.15, -0.1) is 0 Å². The first-order valence-electron chi connectivity index (χ1n) is 12.1. The Bertz CT molecular complexity index is 1280. The second kappa shape index (κ2) is 10.2. The molecule has 1 aliphatic rings. The minimum absolute atomic E-state index is 0.0515. The van der Waals surface area contributed by atoms with Crippen LogP contribution in [0.15, 0.2) is 23.0 Å². The van der Waals surface area contributed by atoms with Crippen molar-refractivity contribution in [2.24, 2.45) is 0 Å². The summed E-state index contributed by atoms with van der Waals surface area (Å²) in [6.45, 7) is 11.2. The molecule has 0 bridgehead atoms. The van der Waals surface area contributed by atoms with Crippen LogP contribution in [0.3, 0.4) is 0 Å². The lowest BCUT2D eigenvalue weighted by atomic mass is 10.2. The van der Waals surface area contributed by atoms with Crippen LogP contribution < -0.4 is 15.9 Å². The van der Waals surface area contributed by atoms with Crippen LogP contribution in [0.25, 0.3) is 11.2 Å². The molecule has 11 heteroatoms. The lowest BCUT2D eigenvalue weighted by molar-refractivity contribution is -0.133. The minimum Gasteiger partial charge on any atom is -0.339 e. The number of hydrogen-bond acceptors (Lipinski definition) is 7. The zero-order valence-corrected chi connectivity index (χ0v) is 20.7. The molecule has 11 nitrogen and oxygen atoms in total. The molecule has 0 unspecified atom stereocenters. The van der Waals surface area contributed by atoms with Gasteiger partial charge in [0.2, 0.25) is 17.8 Å². The summed E-state index contributed by atoms with van der Waals surface area (Å²) in [7, 11) is 0. The molecule has 1 aliphatic heterocycles. The smallest absolute Gasteiger partial charge is 0.330 e. The Labute approximate surface area is 203 Å². The van der Waals surface area contributed by atoms with Gasteiger partial charge >= 0.3 is 5.69 Å². The van der Waals surface area contributed by atoms with E-state index in [4.69, 9.17) is 0 Å². The molecule has 1 saturated heterocycles. The molecule has 0 saturated carbocycles. The summed E-state index contributed by atoms with van der Waals surface area (Å²) in [6.07, 6.45) is 0.190. The number of amides is 2. The van der Waals surface area contributed by atoms with Crippen molar-refractivity contribution >= 4 is 34.7 Å². The molecule has 3 aromatic rings. The Balaban J connectivity index is 1.31. The summed E-state index contributed by atoms with van der Waals surface area (Å²) in [5, 5.41) is 2.76. The van der Waals surface area contributed by atoms with Gasteiger partial charge in [0.25, 0.3) is 0 Å². The average Bonchev–Trinajstić information content (AvgIpc) is 3.11. The highest BCUT2D eigenvalue weighted by Crippen LogP contribution is 2.16. The number of piperazine rings is 1. The number of fused-ring (bicyclic) bond motifs is 1. The van der Waals surface area contributed by atoms with Crippen LogP contribution in [0.1, 0.15) is 38.1 Å². The standard InChI is InChI=1S/C24H32N8O3/c1-5-31-18-7-8-19(28-22(18)32(6-2)24(31)35)27-20(33)9-10-21(34)29-11-13-30(14-12-29)23-25-16(3)15-17(4)26-23/h7-8,15H,5-6,9-14H2,1-4H3,(H,27,28,33). The third-order valence-corrected chi connectivity index (χ3v) is 6.21. The van der Waals surface area contributed by atoms with Crippen molar-refractivity contribution in [1.82, 2.24) is 29.0 Å². The molecule has 4 heterocycles. The monoisotopic (exact) mass is 480 g/mol. The summed E-state index contributed by atoms with van der Waals surface area (Å²) in [5.74, 6) is 0.728. The van der Waals surface area contributed by atoms with Crippen LogP contribution in [0.4, 0.5) is 11.8 Å². The largest absolute Gasteiger partial charge is 0.339 e. The number of imidazole rings is 1. The van der Waals surface area contributed by atoms with Crippen molar-refractivity contribution in [2.45, 2.75) is 53.6 Å². The summed E-state index contributed by atoms with van der Waals surface area (Å²) in [5.41, 5.74) is 3.01. The normalized spacial score (nSPS) is 13.9. The Morgan fingerprint density at radius 2 is 1.57 bits per heavy atom. The number of carbonyl (C=O) groups is 2. The van der Waals surface area contributed by atoms with Crippen LogP contribution in [0.2, 0.25) is 0 Å². The van der Waals surface area contributed by atoms with Gasteiger partial charge in [-0.1, -0.05) is 0 Å². The molecule has 2 amide bonds. The quantitative estimate of drug-likeness (QED) is 0.547. The van der Waals surface area contributed by atoms with Gasteiger partial charge in [-0.05, 0) is 45.9 Å². The van der Waals surface area contributed by atoms with E-state index >= 15 is 0 Å². The molecule has 4 rings (SSSR count). The third-order valence-electron chi connectivity index (χ3n) is 6.21. The fraction of sp³-hybridized carbons (Fsp3) is 0.500. The lowest BCUT2D eigenvalue weighted by Crippen LogP contribution is -2.49. The van der Waals surface area contributed by atoms with Gasteiger partial charge in [-0.2, -0.15) is 0 Å². The fourth-order valence-electron chi connectivity index (χ4n) is 4.44. The Morgan fingerprint density at radius 1 is 0.914 bits per heavy atom. The van der Waals surface area contributed by atoms with Crippen LogP contribution in [-0.2, 0) is 22.7 Å². The molecule has 0 radical (unpaired) electrons. The second-order valence-corrected chi connectivity index (χ2v) is 8.68. The van der Waals surface area contributed by atoms with Crippen molar-refractivity contribution in [3.05, 3.63) is 40.1 Å². The highest BCUT2D eigenvalue weighted by molar-refractivity contribution is 5.93. The minimum atomic E-state index is -0.284. The zero-order chi connectivity index (χ0) is 25.1. The first kappa shape index (κ1) is 24.4. The van der Waals surface area contributed by atoms with Crippen LogP contribution >= 0.6 is 0 Å². The number of aromatic nitrogens is 5. The number of rotatable bonds is 7. The van der Waals surface area contributed by atoms with Gasteiger partial charge in [0.05, 0.1) is 5.52 Å². The number of anilines is 2. The predicted molar refractivity (Wildman–Crippen MR) is 134 cm³/mol. The fourth-order valence-corrected chi connectivity index (χ4v) is 4.44. The SMILES string of the molecule is CCn1c(=O)n(CC)c2nc(NC(=O)CCC(=O)N3CCN(c4nc(C)cc(C)n4)CC3)ccc21. The molecular formula is C24H32N8O3. The number of nitrogens with zero attached hydrogens (tertiary/aromatic N) is 7. The number of carbonyl (C=O) groups excluding carboxylic acids is 2. The topological polar surface area (TPSA) is 118 Å². The van der Waals surface area contributed by atoms with E-state index in [-0.39, 0.29) is 30.3 Å². The van der Waals surface area contributed by atoms with Gasteiger partial charge in [-0.3, -0.25) is 18.7 Å². The van der Waals surface area contributed by atoms with Crippen molar-refractivity contribution < 1.29 is 9.59 Å². The molecule has 0 atom stereocenters. The molecule has 0 spiro atoms. The van der Waals surface area contributed by atoms with Gasteiger partial charge in [-0.25, -0.2) is 19.7 Å². The highest BCUT2D eigenvalue weighted by Gasteiger charge is 2.23.